The first-order valence-corrected chi connectivity index (χ1v) is 17.1. The Morgan fingerprint density at radius 3 is 2.53 bits per heavy atom. The molecule has 3 aliphatic heterocycles. The standard InChI is InChI=1S/C29H33F3N6O5S2/c1-2-18-13-19(37-7-5-36(6-8-37)9-11-39)3-4-22(18)34-28-33-15-21(29(30,31)32)25(35-28)23-14-24-26(44-23)27(40)38(20-16-43-17-20)10-12-45(24,41)42/h3-4,13-15,20,39H,2,5-12,16-17H2,1H3,(H,33,34,35). The van der Waals surface area contributed by atoms with Gasteiger partial charge in [0.25, 0.3) is 5.91 Å². The summed E-state index contributed by atoms with van der Waals surface area (Å²) in [7, 11) is -3.94. The molecule has 1 amide bonds. The van der Waals surface area contributed by atoms with Crippen LogP contribution in [0.5, 0.6) is 0 Å². The number of nitrogens with one attached hydrogen (secondary N) is 1. The van der Waals surface area contributed by atoms with Gasteiger partial charge in [0.15, 0.2) is 9.84 Å². The molecular weight excluding hydrogens is 633 g/mol. The number of rotatable bonds is 8. The molecule has 0 bridgehead atoms. The second-order valence-corrected chi connectivity index (χ2v) is 14.3. The first kappa shape index (κ1) is 31.7. The van der Waals surface area contributed by atoms with E-state index in [4.69, 9.17) is 4.74 Å². The summed E-state index contributed by atoms with van der Waals surface area (Å²) in [5.41, 5.74) is 0.919. The van der Waals surface area contributed by atoms with E-state index in [0.717, 1.165) is 43.5 Å². The number of fused-ring (bicyclic) bond motifs is 1. The molecule has 2 fully saturated rings. The van der Waals surface area contributed by atoms with Crippen molar-refractivity contribution < 1.29 is 36.2 Å². The number of thiophene rings is 1. The molecule has 5 heterocycles. The van der Waals surface area contributed by atoms with Crippen LogP contribution < -0.4 is 10.2 Å². The fraction of sp³-hybridized carbons (Fsp3) is 0.483. The molecule has 242 valence electrons. The van der Waals surface area contributed by atoms with Crippen LogP contribution in [0.15, 0.2) is 35.4 Å². The number of sulfone groups is 1. The highest BCUT2D eigenvalue weighted by molar-refractivity contribution is 7.91. The van der Waals surface area contributed by atoms with Crippen molar-refractivity contribution in [2.24, 2.45) is 0 Å². The number of aliphatic hydroxyl groups is 1. The summed E-state index contributed by atoms with van der Waals surface area (Å²) < 4.78 is 73.9. The highest BCUT2D eigenvalue weighted by Crippen LogP contribution is 2.42. The number of piperazine rings is 1. The molecular formula is C29H33F3N6O5S2. The number of ether oxygens (including phenoxy) is 1. The average molecular weight is 667 g/mol. The number of aromatic nitrogens is 2. The third kappa shape index (κ3) is 6.38. The van der Waals surface area contributed by atoms with E-state index < -0.39 is 33.2 Å². The molecule has 3 aliphatic rings. The van der Waals surface area contributed by atoms with Crippen molar-refractivity contribution in [3.63, 3.8) is 0 Å². The summed E-state index contributed by atoms with van der Waals surface area (Å²) in [6, 6.07) is 6.65. The number of hydrogen-bond donors (Lipinski definition) is 2. The normalized spacial score (nSPS) is 19.3. The van der Waals surface area contributed by atoms with Crippen LogP contribution in [0.4, 0.5) is 30.5 Å². The van der Waals surface area contributed by atoms with Crippen LogP contribution in [0.3, 0.4) is 0 Å². The summed E-state index contributed by atoms with van der Waals surface area (Å²) >= 11 is 0.690. The van der Waals surface area contributed by atoms with Crippen molar-refractivity contribution >= 4 is 44.4 Å². The van der Waals surface area contributed by atoms with E-state index in [9.17, 15) is 31.5 Å². The lowest BCUT2D eigenvalue weighted by atomic mass is 10.1. The Hall–Kier alpha value is -3.31. The number of amides is 1. The summed E-state index contributed by atoms with van der Waals surface area (Å²) in [6.07, 6.45) is -3.52. The highest BCUT2D eigenvalue weighted by atomic mass is 32.2. The van der Waals surface area contributed by atoms with Gasteiger partial charge in [-0.1, -0.05) is 6.92 Å². The molecule has 0 saturated carbocycles. The maximum Gasteiger partial charge on any atom is 0.420 e. The van der Waals surface area contributed by atoms with Gasteiger partial charge < -0.3 is 25.0 Å². The van der Waals surface area contributed by atoms with E-state index in [1.54, 1.807) is 0 Å². The molecule has 2 N–H and O–H groups in total. The molecule has 11 nitrogen and oxygen atoms in total. The number of alkyl halides is 3. The van der Waals surface area contributed by atoms with Crippen LogP contribution in [0.2, 0.25) is 0 Å². The lowest BCUT2D eigenvalue weighted by Crippen LogP contribution is -2.52. The van der Waals surface area contributed by atoms with E-state index >= 15 is 0 Å². The van der Waals surface area contributed by atoms with Gasteiger partial charge in [0.1, 0.15) is 10.4 Å². The van der Waals surface area contributed by atoms with Crippen molar-refractivity contribution in [3.05, 3.63) is 46.5 Å². The number of aryl methyl sites for hydroxylation is 1. The average Bonchev–Trinajstić information content (AvgIpc) is 3.42. The fourth-order valence-corrected chi connectivity index (χ4v) is 8.62. The van der Waals surface area contributed by atoms with E-state index in [-0.39, 0.29) is 58.8 Å². The van der Waals surface area contributed by atoms with Gasteiger partial charge in [-0.05, 0) is 36.2 Å². The van der Waals surface area contributed by atoms with E-state index in [0.29, 0.717) is 36.2 Å². The van der Waals surface area contributed by atoms with Crippen LogP contribution in [0.25, 0.3) is 10.6 Å². The molecule has 45 heavy (non-hydrogen) atoms. The number of hydrogen-bond acceptors (Lipinski definition) is 11. The van der Waals surface area contributed by atoms with Gasteiger partial charge in [-0.25, -0.2) is 18.4 Å². The van der Waals surface area contributed by atoms with Gasteiger partial charge in [-0.2, -0.15) is 13.2 Å². The Balaban J connectivity index is 1.32. The Morgan fingerprint density at radius 2 is 1.89 bits per heavy atom. The Morgan fingerprint density at radius 1 is 1.13 bits per heavy atom. The number of carbonyl (C=O) groups is 1. The van der Waals surface area contributed by atoms with Gasteiger partial charge in [0.05, 0.1) is 47.1 Å². The quantitative estimate of drug-likeness (QED) is 0.370. The van der Waals surface area contributed by atoms with Gasteiger partial charge in [-0.3, -0.25) is 9.69 Å². The summed E-state index contributed by atoms with van der Waals surface area (Å²) in [4.78, 5) is 26.9. The van der Waals surface area contributed by atoms with Gasteiger partial charge >= 0.3 is 6.18 Å². The Bertz CT molecular complexity index is 1690. The topological polar surface area (TPSA) is 128 Å². The predicted molar refractivity (Wildman–Crippen MR) is 163 cm³/mol. The van der Waals surface area contributed by atoms with Gasteiger partial charge in [0.2, 0.25) is 5.95 Å². The zero-order chi connectivity index (χ0) is 31.9. The Kier molecular flexibility index (Phi) is 8.78. The lowest BCUT2D eigenvalue weighted by Gasteiger charge is -2.36. The van der Waals surface area contributed by atoms with Crippen LogP contribution in [0, 0.1) is 0 Å². The minimum Gasteiger partial charge on any atom is -0.395 e. The maximum atomic E-state index is 14.2. The molecule has 2 aromatic heterocycles. The zero-order valence-electron chi connectivity index (χ0n) is 24.5. The number of β-amino-alcohol motifs (C(OH)–C–C–N with tert-alkyl or cyclic N) is 1. The number of carbonyl (C=O) groups excluding carboxylic acids is 1. The van der Waals surface area contributed by atoms with E-state index in [1.807, 2.05) is 25.1 Å². The first-order valence-electron chi connectivity index (χ1n) is 14.7. The largest absolute Gasteiger partial charge is 0.420 e. The molecule has 0 aliphatic carbocycles. The summed E-state index contributed by atoms with van der Waals surface area (Å²) in [5.74, 6) is -0.974. The van der Waals surface area contributed by atoms with Crippen LogP contribution >= 0.6 is 11.3 Å². The fourth-order valence-electron chi connectivity index (χ4n) is 5.70. The minimum atomic E-state index is -4.83. The van der Waals surface area contributed by atoms with Gasteiger partial charge in [0, 0.05) is 56.8 Å². The van der Waals surface area contributed by atoms with Crippen LogP contribution in [0.1, 0.15) is 27.7 Å². The van der Waals surface area contributed by atoms with Gasteiger partial charge in [-0.15, -0.1) is 11.3 Å². The molecule has 2 saturated heterocycles. The van der Waals surface area contributed by atoms with Crippen molar-refractivity contribution in [1.29, 1.82) is 0 Å². The van der Waals surface area contributed by atoms with Crippen molar-refractivity contribution in [1.82, 2.24) is 19.8 Å². The van der Waals surface area contributed by atoms with Crippen LogP contribution in [-0.2, 0) is 27.2 Å². The second-order valence-electron chi connectivity index (χ2n) is 11.1. The molecule has 6 rings (SSSR count). The van der Waals surface area contributed by atoms with Crippen LogP contribution in [-0.4, -0.2) is 110 Å². The smallest absolute Gasteiger partial charge is 0.395 e. The van der Waals surface area contributed by atoms with Crippen molar-refractivity contribution in [2.45, 2.75) is 30.5 Å². The minimum absolute atomic E-state index is 0.0141. The third-order valence-electron chi connectivity index (χ3n) is 8.35. The predicted octanol–water partition coefficient (Wildman–Crippen LogP) is 3.27. The SMILES string of the molecule is CCc1cc(N2CCN(CCO)CC2)ccc1Nc1ncc(C(F)(F)F)c(-c2cc3c(s2)C(=O)N(C2COC2)CCS3(=O)=O)n1. The van der Waals surface area contributed by atoms with Crippen molar-refractivity contribution in [3.8, 4) is 10.6 Å². The molecule has 0 spiro atoms. The molecule has 0 unspecified atom stereocenters. The number of anilines is 3. The lowest BCUT2D eigenvalue weighted by molar-refractivity contribution is -0.137. The number of nitrogens with zero attached hydrogens (tertiary/aromatic N) is 5. The van der Waals surface area contributed by atoms with E-state index in [2.05, 4.69) is 25.1 Å². The third-order valence-corrected chi connectivity index (χ3v) is 11.3. The Labute approximate surface area is 262 Å². The first-order chi connectivity index (χ1) is 21.5. The highest BCUT2D eigenvalue weighted by Gasteiger charge is 2.41. The zero-order valence-corrected chi connectivity index (χ0v) is 26.1. The molecule has 0 radical (unpaired) electrons. The second kappa shape index (κ2) is 12.5. The molecule has 16 heteroatoms. The maximum absolute atomic E-state index is 14.2. The summed E-state index contributed by atoms with van der Waals surface area (Å²) in [6.45, 7) is 6.54. The molecule has 3 aromatic rings. The molecule has 0 atom stereocenters. The number of aliphatic hydroxyl groups excluding tert-OH is 1. The summed E-state index contributed by atoms with van der Waals surface area (Å²) in [5, 5.41) is 12.3. The van der Waals surface area contributed by atoms with Crippen molar-refractivity contribution in [2.75, 3.05) is 75.1 Å². The monoisotopic (exact) mass is 666 g/mol. The number of benzene rings is 1. The van der Waals surface area contributed by atoms with E-state index in [1.165, 1.54) is 4.90 Å². The number of halogens is 3. The molecule has 1 aromatic carbocycles.